The summed E-state index contributed by atoms with van der Waals surface area (Å²) < 4.78 is 8.79. The van der Waals surface area contributed by atoms with Crippen molar-refractivity contribution < 1.29 is 9.32 Å². The van der Waals surface area contributed by atoms with Gasteiger partial charge in [-0.25, -0.2) is 4.52 Å². The average molecular weight is 387 g/mol. The minimum Gasteiger partial charge on any atom is -0.356 e. The molecule has 0 saturated heterocycles. The lowest BCUT2D eigenvalue weighted by atomic mass is 10.2. The molecule has 9 nitrogen and oxygen atoms in total. The monoisotopic (exact) mass is 387 g/mol. The molecule has 4 heterocycles. The first-order valence-electron chi connectivity index (χ1n) is 9.23. The first kappa shape index (κ1) is 17.1. The van der Waals surface area contributed by atoms with Gasteiger partial charge >= 0.3 is 0 Å². The zero-order chi connectivity index (χ0) is 19.8. The zero-order valence-electron chi connectivity index (χ0n) is 15.6. The highest BCUT2D eigenvalue weighted by molar-refractivity contribution is 5.93. The summed E-state index contributed by atoms with van der Waals surface area (Å²) in [6.07, 6.45) is 3.71. The number of hydrogen-bond donors (Lipinski definition) is 1. The number of nitrogens with one attached hydrogen (secondary N) is 1. The van der Waals surface area contributed by atoms with E-state index in [0.717, 1.165) is 23.2 Å². The third-order valence-corrected chi connectivity index (χ3v) is 4.67. The summed E-state index contributed by atoms with van der Waals surface area (Å²) in [5.41, 5.74) is 3.83. The van der Waals surface area contributed by atoms with Crippen LogP contribution in [0.4, 0.5) is 5.95 Å². The molecule has 0 radical (unpaired) electrons. The molecule has 5 rings (SSSR count). The molecule has 0 fully saturated rings. The molecule has 0 saturated carbocycles. The molecule has 29 heavy (non-hydrogen) atoms. The van der Waals surface area contributed by atoms with Crippen LogP contribution in [0.25, 0.3) is 27.9 Å². The van der Waals surface area contributed by atoms with E-state index in [1.807, 2.05) is 60.3 Å². The van der Waals surface area contributed by atoms with E-state index >= 15 is 0 Å². The van der Waals surface area contributed by atoms with Crippen molar-refractivity contribution in [1.82, 2.24) is 29.5 Å². The number of amides is 1. The van der Waals surface area contributed by atoms with Crippen LogP contribution in [0.15, 0.2) is 59.4 Å². The fourth-order valence-corrected chi connectivity index (χ4v) is 3.30. The molecule has 1 amide bonds. The number of benzene rings is 1. The van der Waals surface area contributed by atoms with E-state index in [2.05, 4.69) is 25.7 Å². The third-order valence-electron chi connectivity index (χ3n) is 4.67. The van der Waals surface area contributed by atoms with Crippen molar-refractivity contribution >= 4 is 28.5 Å². The fraction of sp³-hybridized carbons (Fsp3) is 0.150. The summed E-state index contributed by atoms with van der Waals surface area (Å²) in [5, 5.41) is 16.2. The minimum atomic E-state index is -0.260. The van der Waals surface area contributed by atoms with Crippen LogP contribution in [0.3, 0.4) is 0 Å². The molecular weight excluding hydrogens is 370 g/mol. The van der Waals surface area contributed by atoms with Gasteiger partial charge in [-0.1, -0.05) is 17.3 Å². The van der Waals surface area contributed by atoms with Gasteiger partial charge in [0.25, 0.3) is 0 Å². The lowest BCUT2D eigenvalue weighted by molar-refractivity contribution is -0.115. The molecule has 4 aromatic heterocycles. The highest BCUT2D eigenvalue weighted by atomic mass is 16.5. The standard InChI is InChI=1S/C20H17N7O2/c1-2-26-16(9-10-21-26)13-7-8-18-22-20(24-27(18)12-13)23-19(28)11-15-14-5-3-4-6-17(14)29-25-15/h3-10,12H,2,11H2,1H3,(H,23,24,28). The van der Waals surface area contributed by atoms with Gasteiger partial charge in [0.2, 0.25) is 11.9 Å². The van der Waals surface area contributed by atoms with Gasteiger partial charge in [-0.05, 0) is 37.3 Å². The van der Waals surface area contributed by atoms with Gasteiger partial charge in [-0.15, -0.1) is 5.10 Å². The van der Waals surface area contributed by atoms with Crippen LogP contribution < -0.4 is 5.32 Å². The number of nitrogens with zero attached hydrogens (tertiary/aromatic N) is 6. The Morgan fingerprint density at radius 3 is 2.97 bits per heavy atom. The number of carbonyl (C=O) groups excluding carboxylic acids is 1. The summed E-state index contributed by atoms with van der Waals surface area (Å²) >= 11 is 0. The van der Waals surface area contributed by atoms with Crippen LogP contribution in [0.1, 0.15) is 12.6 Å². The Morgan fingerprint density at radius 2 is 2.07 bits per heavy atom. The van der Waals surface area contributed by atoms with Crippen molar-refractivity contribution in [2.75, 3.05) is 5.32 Å². The van der Waals surface area contributed by atoms with Crippen LogP contribution in [0, 0.1) is 0 Å². The number of carbonyl (C=O) groups is 1. The maximum atomic E-state index is 12.4. The van der Waals surface area contributed by atoms with Gasteiger partial charge in [0.15, 0.2) is 11.2 Å². The lowest BCUT2D eigenvalue weighted by Gasteiger charge is -2.04. The number of pyridine rings is 1. The van der Waals surface area contributed by atoms with E-state index in [1.165, 1.54) is 0 Å². The number of aryl methyl sites for hydroxylation is 1. The van der Waals surface area contributed by atoms with Crippen molar-refractivity contribution in [3.05, 3.63) is 60.6 Å². The molecule has 0 aliphatic carbocycles. The summed E-state index contributed by atoms with van der Waals surface area (Å²) in [6.45, 7) is 2.81. The van der Waals surface area contributed by atoms with Crippen molar-refractivity contribution in [2.24, 2.45) is 0 Å². The molecule has 1 N–H and O–H groups in total. The summed E-state index contributed by atoms with van der Waals surface area (Å²) in [4.78, 5) is 16.8. The fourth-order valence-electron chi connectivity index (χ4n) is 3.30. The molecule has 9 heteroatoms. The number of anilines is 1. The SMILES string of the molecule is CCn1nccc1-c1ccc2nc(NC(=O)Cc3noc4ccccc34)nn2c1. The predicted molar refractivity (Wildman–Crippen MR) is 106 cm³/mol. The quantitative estimate of drug-likeness (QED) is 0.497. The van der Waals surface area contributed by atoms with Crippen molar-refractivity contribution in [3.63, 3.8) is 0 Å². The maximum Gasteiger partial charge on any atom is 0.249 e. The largest absolute Gasteiger partial charge is 0.356 e. The van der Waals surface area contributed by atoms with E-state index in [-0.39, 0.29) is 18.3 Å². The van der Waals surface area contributed by atoms with Gasteiger partial charge in [-0.3, -0.25) is 14.8 Å². The van der Waals surface area contributed by atoms with Gasteiger partial charge in [0, 0.05) is 29.9 Å². The molecule has 1 aromatic carbocycles. The summed E-state index contributed by atoms with van der Waals surface area (Å²) in [6, 6.07) is 13.2. The van der Waals surface area contributed by atoms with Crippen LogP contribution in [0.2, 0.25) is 0 Å². The van der Waals surface area contributed by atoms with Crippen LogP contribution in [-0.4, -0.2) is 35.4 Å². The van der Waals surface area contributed by atoms with Crippen LogP contribution in [0.5, 0.6) is 0 Å². The molecule has 0 aliphatic rings. The summed E-state index contributed by atoms with van der Waals surface area (Å²) in [7, 11) is 0. The van der Waals surface area contributed by atoms with Crippen LogP contribution >= 0.6 is 0 Å². The molecule has 0 aliphatic heterocycles. The lowest BCUT2D eigenvalue weighted by Crippen LogP contribution is -2.15. The molecule has 0 spiro atoms. The smallest absolute Gasteiger partial charge is 0.249 e. The van der Waals surface area contributed by atoms with Crippen molar-refractivity contribution in [3.8, 4) is 11.3 Å². The highest BCUT2D eigenvalue weighted by Crippen LogP contribution is 2.21. The third kappa shape index (κ3) is 3.12. The first-order valence-corrected chi connectivity index (χ1v) is 9.23. The topological polar surface area (TPSA) is 103 Å². The van der Waals surface area contributed by atoms with Gasteiger partial charge in [0.1, 0.15) is 5.69 Å². The molecule has 0 bridgehead atoms. The highest BCUT2D eigenvalue weighted by Gasteiger charge is 2.14. The molecule has 144 valence electrons. The molecular formula is C20H17N7O2. The number of fused-ring (bicyclic) bond motifs is 2. The Balaban J connectivity index is 1.37. The van der Waals surface area contributed by atoms with E-state index in [1.54, 1.807) is 10.7 Å². The Morgan fingerprint density at radius 1 is 1.17 bits per heavy atom. The van der Waals surface area contributed by atoms with E-state index in [0.29, 0.717) is 16.9 Å². The first-order chi connectivity index (χ1) is 14.2. The van der Waals surface area contributed by atoms with Crippen molar-refractivity contribution in [1.29, 1.82) is 0 Å². The Kier molecular flexibility index (Phi) is 4.05. The van der Waals surface area contributed by atoms with E-state index < -0.39 is 0 Å². The Bertz CT molecular complexity index is 1330. The molecule has 0 unspecified atom stereocenters. The Labute approximate surface area is 164 Å². The normalized spacial score (nSPS) is 11.3. The number of aromatic nitrogens is 6. The summed E-state index contributed by atoms with van der Waals surface area (Å²) in [5.74, 6) is -0.0202. The minimum absolute atomic E-state index is 0.0769. The molecule has 0 atom stereocenters. The second kappa shape index (κ2) is 6.86. The van der Waals surface area contributed by atoms with Gasteiger partial charge < -0.3 is 4.52 Å². The van der Waals surface area contributed by atoms with E-state index in [4.69, 9.17) is 4.52 Å². The number of hydrogen-bond acceptors (Lipinski definition) is 6. The predicted octanol–water partition coefficient (Wildman–Crippen LogP) is 2.94. The molecule has 5 aromatic rings. The number of rotatable bonds is 5. The van der Waals surface area contributed by atoms with E-state index in [9.17, 15) is 4.79 Å². The second-order valence-electron chi connectivity index (χ2n) is 6.54. The van der Waals surface area contributed by atoms with Gasteiger partial charge in [0.05, 0.1) is 12.1 Å². The van der Waals surface area contributed by atoms with Crippen LogP contribution in [-0.2, 0) is 17.8 Å². The maximum absolute atomic E-state index is 12.4. The van der Waals surface area contributed by atoms with Crippen molar-refractivity contribution in [2.45, 2.75) is 19.9 Å². The zero-order valence-corrected chi connectivity index (χ0v) is 15.6. The average Bonchev–Trinajstić information content (AvgIpc) is 3.45. The number of para-hydroxylation sites is 1. The Hall–Kier alpha value is -4.01. The second-order valence-corrected chi connectivity index (χ2v) is 6.54. The van der Waals surface area contributed by atoms with Gasteiger partial charge in [-0.2, -0.15) is 10.1 Å².